The molecule has 1 amide bonds. The van der Waals surface area contributed by atoms with Gasteiger partial charge in [0.15, 0.2) is 0 Å². The minimum absolute atomic E-state index is 0.237. The zero-order valence-corrected chi connectivity index (χ0v) is 17.3. The van der Waals surface area contributed by atoms with Gasteiger partial charge >= 0.3 is 6.09 Å². The molecule has 0 saturated carbocycles. The van der Waals surface area contributed by atoms with Gasteiger partial charge in [0.1, 0.15) is 12.4 Å². The van der Waals surface area contributed by atoms with Gasteiger partial charge in [-0.3, -0.25) is 0 Å². The van der Waals surface area contributed by atoms with E-state index in [2.05, 4.69) is 15.5 Å². The van der Waals surface area contributed by atoms with E-state index in [4.69, 9.17) is 18.9 Å². The van der Waals surface area contributed by atoms with Crippen molar-refractivity contribution in [1.29, 1.82) is 0 Å². The van der Waals surface area contributed by atoms with Crippen molar-refractivity contribution in [3.05, 3.63) is 48.4 Å². The van der Waals surface area contributed by atoms with E-state index in [1.165, 1.54) is 0 Å². The Kier molecular flexibility index (Phi) is 6.53. The van der Waals surface area contributed by atoms with Crippen LogP contribution in [0.25, 0.3) is 11.0 Å². The van der Waals surface area contributed by atoms with Gasteiger partial charge < -0.3 is 28.3 Å². The topological polar surface area (TPSA) is 73.0 Å². The Morgan fingerprint density at radius 2 is 2.03 bits per heavy atom. The number of carbonyl (C=O) groups is 1. The van der Waals surface area contributed by atoms with E-state index in [1.54, 1.807) is 11.2 Å². The molecule has 0 atom stereocenters. The molecule has 3 heterocycles. The summed E-state index contributed by atoms with van der Waals surface area (Å²) in [7, 11) is 0. The highest BCUT2D eigenvalue weighted by molar-refractivity contribution is 5.79. The van der Waals surface area contributed by atoms with Gasteiger partial charge in [-0.1, -0.05) is 12.1 Å². The summed E-state index contributed by atoms with van der Waals surface area (Å²) in [5, 5.41) is 0. The highest BCUT2D eigenvalue weighted by Crippen LogP contribution is 2.24. The number of furan rings is 1. The molecule has 8 nitrogen and oxygen atoms in total. The largest absolute Gasteiger partial charge is 0.467 e. The second-order valence-corrected chi connectivity index (χ2v) is 7.21. The van der Waals surface area contributed by atoms with Crippen molar-refractivity contribution in [3.63, 3.8) is 0 Å². The van der Waals surface area contributed by atoms with Crippen LogP contribution in [0.2, 0.25) is 0 Å². The molecule has 1 saturated heterocycles. The van der Waals surface area contributed by atoms with Gasteiger partial charge in [0, 0.05) is 32.7 Å². The van der Waals surface area contributed by atoms with E-state index in [1.807, 2.05) is 37.3 Å². The highest BCUT2D eigenvalue weighted by Gasteiger charge is 2.23. The molecule has 3 aromatic rings. The van der Waals surface area contributed by atoms with Crippen molar-refractivity contribution < 1.29 is 18.7 Å². The van der Waals surface area contributed by atoms with Crippen LogP contribution in [0.3, 0.4) is 0 Å². The lowest BCUT2D eigenvalue weighted by molar-refractivity contribution is 0.0999. The first kappa shape index (κ1) is 20.3. The zero-order chi connectivity index (χ0) is 20.8. The van der Waals surface area contributed by atoms with E-state index in [-0.39, 0.29) is 6.09 Å². The van der Waals surface area contributed by atoms with Gasteiger partial charge in [-0.25, -0.2) is 9.78 Å². The first-order valence-corrected chi connectivity index (χ1v) is 10.5. The number of aromatic nitrogens is 2. The predicted molar refractivity (Wildman–Crippen MR) is 114 cm³/mol. The minimum Gasteiger partial charge on any atom is -0.467 e. The summed E-state index contributed by atoms with van der Waals surface area (Å²) in [5.74, 6) is 1.74. The lowest BCUT2D eigenvalue weighted by Crippen LogP contribution is -2.36. The van der Waals surface area contributed by atoms with Crippen LogP contribution in [-0.4, -0.2) is 59.9 Å². The first-order valence-electron chi connectivity index (χ1n) is 10.5. The summed E-state index contributed by atoms with van der Waals surface area (Å²) in [4.78, 5) is 21.0. The van der Waals surface area contributed by atoms with E-state index in [0.717, 1.165) is 42.3 Å². The Bertz CT molecular complexity index is 953. The van der Waals surface area contributed by atoms with Gasteiger partial charge in [-0.2, -0.15) is 0 Å². The monoisotopic (exact) mass is 412 g/mol. The Labute approximate surface area is 176 Å². The van der Waals surface area contributed by atoms with Crippen LogP contribution >= 0.6 is 0 Å². The number of rotatable bonds is 7. The van der Waals surface area contributed by atoms with Crippen LogP contribution in [0.15, 0.2) is 47.1 Å². The zero-order valence-electron chi connectivity index (χ0n) is 17.3. The van der Waals surface area contributed by atoms with Gasteiger partial charge in [-0.05, 0) is 37.6 Å². The second kappa shape index (κ2) is 9.67. The molecular formula is C22H28N4O4. The number of nitrogens with zero attached hydrogens (tertiary/aromatic N) is 4. The molecule has 2 aromatic heterocycles. The SMILES string of the molecule is CCOC(=O)N1CCCN(c2nc3ccccc3n2CCOCc2ccco2)CC1. The third kappa shape index (κ3) is 4.59. The summed E-state index contributed by atoms with van der Waals surface area (Å²) in [6.45, 7) is 6.80. The van der Waals surface area contributed by atoms with Crippen LogP contribution in [0.5, 0.6) is 0 Å². The summed E-state index contributed by atoms with van der Waals surface area (Å²) in [6, 6.07) is 11.9. The number of ether oxygens (including phenoxy) is 2. The Balaban J connectivity index is 1.47. The number of carbonyl (C=O) groups excluding carboxylic acids is 1. The number of benzene rings is 1. The fourth-order valence-corrected chi connectivity index (χ4v) is 3.76. The second-order valence-electron chi connectivity index (χ2n) is 7.21. The average molecular weight is 412 g/mol. The van der Waals surface area contributed by atoms with Gasteiger partial charge in [0.2, 0.25) is 5.95 Å². The normalized spacial score (nSPS) is 14.8. The number of hydrogen-bond acceptors (Lipinski definition) is 6. The summed E-state index contributed by atoms with van der Waals surface area (Å²) in [6.07, 6.45) is 2.29. The lowest BCUT2D eigenvalue weighted by Gasteiger charge is -2.23. The predicted octanol–water partition coefficient (Wildman–Crippen LogP) is 3.51. The quantitative estimate of drug-likeness (QED) is 0.553. The van der Waals surface area contributed by atoms with Crippen LogP contribution in [0.4, 0.5) is 10.7 Å². The van der Waals surface area contributed by atoms with E-state index >= 15 is 0 Å². The summed E-state index contributed by atoms with van der Waals surface area (Å²) in [5.41, 5.74) is 2.05. The van der Waals surface area contributed by atoms with Crippen molar-refractivity contribution in [2.24, 2.45) is 0 Å². The number of anilines is 1. The van der Waals surface area contributed by atoms with Gasteiger partial charge in [-0.15, -0.1) is 0 Å². The highest BCUT2D eigenvalue weighted by atomic mass is 16.6. The standard InChI is InChI=1S/C22H28N4O4/c1-2-29-22(27)25-11-6-10-24(12-13-25)21-23-19-8-3-4-9-20(19)26(21)14-16-28-17-18-7-5-15-30-18/h3-5,7-9,15H,2,6,10-14,16-17H2,1H3. The lowest BCUT2D eigenvalue weighted by atomic mass is 10.3. The Hall–Kier alpha value is -3.00. The number of imidazole rings is 1. The van der Waals surface area contributed by atoms with E-state index < -0.39 is 0 Å². The average Bonchev–Trinajstić information content (AvgIpc) is 3.33. The van der Waals surface area contributed by atoms with Crippen molar-refractivity contribution in [1.82, 2.24) is 14.5 Å². The molecule has 30 heavy (non-hydrogen) atoms. The molecule has 160 valence electrons. The maximum atomic E-state index is 12.1. The van der Waals surface area contributed by atoms with Crippen molar-refractivity contribution >= 4 is 23.1 Å². The molecule has 1 aromatic carbocycles. The van der Waals surface area contributed by atoms with Crippen molar-refractivity contribution in [3.8, 4) is 0 Å². The summed E-state index contributed by atoms with van der Waals surface area (Å²) >= 11 is 0. The number of hydrogen-bond donors (Lipinski definition) is 0. The van der Waals surface area contributed by atoms with Crippen LogP contribution in [0.1, 0.15) is 19.1 Å². The molecule has 4 rings (SSSR count). The molecule has 0 radical (unpaired) electrons. The minimum atomic E-state index is -0.237. The maximum Gasteiger partial charge on any atom is 0.409 e. The number of para-hydroxylation sites is 2. The van der Waals surface area contributed by atoms with Crippen LogP contribution in [0, 0.1) is 0 Å². The third-order valence-corrected chi connectivity index (χ3v) is 5.22. The van der Waals surface area contributed by atoms with Crippen molar-refractivity contribution in [2.45, 2.75) is 26.5 Å². The van der Waals surface area contributed by atoms with E-state index in [9.17, 15) is 4.79 Å². The van der Waals surface area contributed by atoms with E-state index in [0.29, 0.717) is 39.5 Å². The molecule has 0 spiro atoms. The van der Waals surface area contributed by atoms with Crippen molar-refractivity contribution in [2.75, 3.05) is 44.3 Å². The van der Waals surface area contributed by atoms with Crippen LogP contribution in [-0.2, 0) is 22.6 Å². The fraction of sp³-hybridized carbons (Fsp3) is 0.455. The Morgan fingerprint density at radius 1 is 1.13 bits per heavy atom. The summed E-state index contributed by atoms with van der Waals surface area (Å²) < 4.78 is 18.5. The molecule has 8 heteroatoms. The van der Waals surface area contributed by atoms with Gasteiger partial charge in [0.25, 0.3) is 0 Å². The molecule has 0 bridgehead atoms. The molecular weight excluding hydrogens is 384 g/mol. The Morgan fingerprint density at radius 3 is 2.87 bits per heavy atom. The molecule has 0 unspecified atom stereocenters. The number of fused-ring (bicyclic) bond motifs is 1. The molecule has 1 fully saturated rings. The molecule has 0 N–H and O–H groups in total. The molecule has 0 aliphatic carbocycles. The smallest absolute Gasteiger partial charge is 0.409 e. The fourth-order valence-electron chi connectivity index (χ4n) is 3.76. The number of amides is 1. The first-order chi connectivity index (χ1) is 14.8. The van der Waals surface area contributed by atoms with Gasteiger partial charge in [0.05, 0.1) is 30.5 Å². The maximum absolute atomic E-state index is 12.1. The molecule has 1 aliphatic heterocycles. The third-order valence-electron chi connectivity index (χ3n) is 5.22. The molecule has 1 aliphatic rings. The van der Waals surface area contributed by atoms with Crippen LogP contribution < -0.4 is 4.90 Å².